The maximum Gasteiger partial charge on any atom is 0.224 e. The first-order valence-electron chi connectivity index (χ1n) is 5.35. The van der Waals surface area contributed by atoms with Crippen molar-refractivity contribution in [3.63, 3.8) is 0 Å². The maximum absolute atomic E-state index is 13.2. The van der Waals surface area contributed by atoms with Crippen molar-refractivity contribution in [2.45, 2.75) is 19.8 Å². The first-order valence-corrected chi connectivity index (χ1v) is 5.35. The van der Waals surface area contributed by atoms with Crippen LogP contribution < -0.4 is 5.32 Å². The van der Waals surface area contributed by atoms with Crippen LogP contribution in [0.1, 0.15) is 18.9 Å². The van der Waals surface area contributed by atoms with Crippen molar-refractivity contribution in [3.05, 3.63) is 47.8 Å². The second-order valence-electron chi connectivity index (χ2n) is 3.48. The van der Waals surface area contributed by atoms with E-state index in [1.165, 1.54) is 6.07 Å². The highest BCUT2D eigenvalue weighted by molar-refractivity contribution is 5.78. The minimum Gasteiger partial charge on any atom is -0.356 e. The second kappa shape index (κ2) is 6.77. The Balaban J connectivity index is 2.37. The van der Waals surface area contributed by atoms with Crippen LogP contribution in [-0.4, -0.2) is 12.5 Å². The molecule has 1 N–H and O–H groups in total. The molecule has 0 radical (unpaired) electrons. The molecule has 16 heavy (non-hydrogen) atoms. The van der Waals surface area contributed by atoms with E-state index in [2.05, 4.69) is 5.32 Å². The summed E-state index contributed by atoms with van der Waals surface area (Å²) in [5.74, 6) is -0.472. The van der Waals surface area contributed by atoms with Gasteiger partial charge in [-0.15, -0.1) is 0 Å². The number of hydrogen-bond donors (Lipinski definition) is 1. The fourth-order valence-corrected chi connectivity index (χ4v) is 1.34. The molecule has 3 heteroatoms. The number of nitrogens with one attached hydrogen (secondary N) is 1. The number of rotatable bonds is 5. The van der Waals surface area contributed by atoms with Crippen LogP contribution in [-0.2, 0) is 11.2 Å². The van der Waals surface area contributed by atoms with Gasteiger partial charge in [0.1, 0.15) is 5.82 Å². The smallest absolute Gasteiger partial charge is 0.224 e. The van der Waals surface area contributed by atoms with Gasteiger partial charge < -0.3 is 5.32 Å². The Morgan fingerprint density at radius 2 is 2.19 bits per heavy atom. The lowest BCUT2D eigenvalue weighted by atomic mass is 10.1. The molecule has 0 saturated heterocycles. The van der Waals surface area contributed by atoms with Gasteiger partial charge in [0.05, 0.1) is 6.42 Å². The third-order valence-corrected chi connectivity index (χ3v) is 2.18. The van der Waals surface area contributed by atoms with Crippen molar-refractivity contribution >= 4 is 5.91 Å². The van der Waals surface area contributed by atoms with E-state index in [1.54, 1.807) is 18.2 Å². The molecule has 1 aromatic rings. The minimum absolute atomic E-state index is 0.0997. The zero-order valence-corrected chi connectivity index (χ0v) is 9.37. The number of halogens is 1. The highest BCUT2D eigenvalue weighted by atomic mass is 19.1. The molecule has 0 aliphatic rings. The molecule has 0 unspecified atom stereocenters. The Labute approximate surface area is 95.2 Å². The standard InChI is InChI=1S/C13H16FNO/c1-2-3-6-9-15-13(16)10-11-7-4-5-8-12(11)14/h2-5,7-8H,6,9-10H2,1H3,(H,15,16)/b3-2+. The summed E-state index contributed by atoms with van der Waals surface area (Å²) < 4.78 is 13.2. The van der Waals surface area contributed by atoms with Crippen molar-refractivity contribution in [2.24, 2.45) is 0 Å². The van der Waals surface area contributed by atoms with Crippen LogP contribution in [0.25, 0.3) is 0 Å². The van der Waals surface area contributed by atoms with E-state index in [-0.39, 0.29) is 18.1 Å². The molecule has 0 heterocycles. The largest absolute Gasteiger partial charge is 0.356 e. The van der Waals surface area contributed by atoms with Gasteiger partial charge in [-0.1, -0.05) is 30.4 Å². The first kappa shape index (κ1) is 12.4. The summed E-state index contributed by atoms with van der Waals surface area (Å²) in [5, 5.41) is 2.74. The van der Waals surface area contributed by atoms with E-state index >= 15 is 0 Å². The summed E-state index contributed by atoms with van der Waals surface area (Å²) in [4.78, 5) is 11.4. The Hall–Kier alpha value is -1.64. The number of hydrogen-bond acceptors (Lipinski definition) is 1. The zero-order chi connectivity index (χ0) is 11.8. The number of benzene rings is 1. The third kappa shape index (κ3) is 4.26. The summed E-state index contributed by atoms with van der Waals surface area (Å²) >= 11 is 0. The number of carbonyl (C=O) groups is 1. The Morgan fingerprint density at radius 1 is 1.44 bits per heavy atom. The van der Waals surface area contributed by atoms with Crippen molar-refractivity contribution in [3.8, 4) is 0 Å². The summed E-state index contributed by atoms with van der Waals surface area (Å²) in [6.45, 7) is 2.53. The molecule has 86 valence electrons. The molecule has 0 aliphatic carbocycles. The van der Waals surface area contributed by atoms with Gasteiger partial charge in [-0.3, -0.25) is 4.79 Å². The number of allylic oxidation sites excluding steroid dienone is 1. The van der Waals surface area contributed by atoms with Crippen LogP contribution in [0.4, 0.5) is 4.39 Å². The summed E-state index contributed by atoms with van der Waals surface area (Å²) in [6, 6.07) is 6.33. The predicted octanol–water partition coefficient (Wildman–Crippen LogP) is 2.45. The monoisotopic (exact) mass is 221 g/mol. The average Bonchev–Trinajstić information content (AvgIpc) is 2.28. The van der Waals surface area contributed by atoms with Crippen LogP contribution in [0.2, 0.25) is 0 Å². The van der Waals surface area contributed by atoms with Gasteiger partial charge in [0.15, 0.2) is 0 Å². The summed E-state index contributed by atoms with van der Waals surface area (Å²) in [7, 11) is 0. The lowest BCUT2D eigenvalue weighted by molar-refractivity contribution is -0.120. The molecular formula is C13H16FNO. The summed E-state index contributed by atoms with van der Waals surface area (Å²) in [5.41, 5.74) is 0.436. The topological polar surface area (TPSA) is 29.1 Å². The molecule has 2 nitrogen and oxygen atoms in total. The van der Waals surface area contributed by atoms with E-state index in [0.717, 1.165) is 6.42 Å². The van der Waals surface area contributed by atoms with Gasteiger partial charge >= 0.3 is 0 Å². The van der Waals surface area contributed by atoms with Crippen LogP contribution in [0, 0.1) is 5.82 Å². The molecule has 0 atom stereocenters. The highest BCUT2D eigenvalue weighted by Gasteiger charge is 2.06. The lowest BCUT2D eigenvalue weighted by Crippen LogP contribution is -2.26. The molecule has 0 spiro atoms. The van der Waals surface area contributed by atoms with Gasteiger partial charge in [-0.25, -0.2) is 4.39 Å². The first-order chi connectivity index (χ1) is 7.74. The molecule has 0 aromatic heterocycles. The minimum atomic E-state index is -0.328. The lowest BCUT2D eigenvalue weighted by Gasteiger charge is -2.04. The Kier molecular flexibility index (Phi) is 5.26. The second-order valence-corrected chi connectivity index (χ2v) is 3.48. The number of amides is 1. The highest BCUT2D eigenvalue weighted by Crippen LogP contribution is 2.06. The van der Waals surface area contributed by atoms with Crippen LogP contribution in [0.5, 0.6) is 0 Å². The van der Waals surface area contributed by atoms with Gasteiger partial charge in [0.25, 0.3) is 0 Å². The van der Waals surface area contributed by atoms with Gasteiger partial charge in [-0.2, -0.15) is 0 Å². The van der Waals surface area contributed by atoms with Crippen molar-refractivity contribution in [1.82, 2.24) is 5.32 Å². The van der Waals surface area contributed by atoms with Crippen LogP contribution in [0.15, 0.2) is 36.4 Å². The molecule has 0 fully saturated rings. The average molecular weight is 221 g/mol. The maximum atomic E-state index is 13.2. The Bertz CT molecular complexity index is 374. The third-order valence-electron chi connectivity index (χ3n) is 2.18. The molecule has 0 aliphatic heterocycles. The predicted molar refractivity (Wildman–Crippen MR) is 62.5 cm³/mol. The normalized spacial score (nSPS) is 10.6. The van der Waals surface area contributed by atoms with E-state index < -0.39 is 0 Å². The van der Waals surface area contributed by atoms with Crippen molar-refractivity contribution in [2.75, 3.05) is 6.54 Å². The van der Waals surface area contributed by atoms with E-state index in [1.807, 2.05) is 19.1 Å². The molecule has 0 bridgehead atoms. The van der Waals surface area contributed by atoms with Crippen molar-refractivity contribution in [1.29, 1.82) is 0 Å². The molecule has 1 rings (SSSR count). The SMILES string of the molecule is C/C=C/CCNC(=O)Cc1ccccc1F. The van der Waals surface area contributed by atoms with Gasteiger partial charge in [0, 0.05) is 6.54 Å². The van der Waals surface area contributed by atoms with Crippen LogP contribution >= 0.6 is 0 Å². The quantitative estimate of drug-likeness (QED) is 0.600. The van der Waals surface area contributed by atoms with Crippen molar-refractivity contribution < 1.29 is 9.18 Å². The van der Waals surface area contributed by atoms with Crippen LogP contribution in [0.3, 0.4) is 0 Å². The zero-order valence-electron chi connectivity index (χ0n) is 9.37. The van der Waals surface area contributed by atoms with E-state index in [4.69, 9.17) is 0 Å². The molecule has 1 amide bonds. The Morgan fingerprint density at radius 3 is 2.88 bits per heavy atom. The van der Waals surface area contributed by atoms with Gasteiger partial charge in [-0.05, 0) is 25.0 Å². The fraction of sp³-hybridized carbons (Fsp3) is 0.308. The molecular weight excluding hydrogens is 205 g/mol. The van der Waals surface area contributed by atoms with Gasteiger partial charge in [0.2, 0.25) is 5.91 Å². The van der Waals surface area contributed by atoms with E-state index in [9.17, 15) is 9.18 Å². The fourth-order valence-electron chi connectivity index (χ4n) is 1.34. The van der Waals surface area contributed by atoms with E-state index in [0.29, 0.717) is 12.1 Å². The molecule has 0 saturated carbocycles. The summed E-state index contributed by atoms with van der Waals surface area (Å²) in [6.07, 6.45) is 4.81. The number of carbonyl (C=O) groups excluding carboxylic acids is 1. The molecule has 1 aromatic carbocycles.